The van der Waals surface area contributed by atoms with Crippen molar-refractivity contribution < 1.29 is 0 Å². The third-order valence-corrected chi connectivity index (χ3v) is 3.67. The number of nitrogens with two attached hydrogens (primary N) is 1. The Hall–Kier alpha value is -0.860. The highest BCUT2D eigenvalue weighted by Gasteiger charge is 2.16. The fourth-order valence-corrected chi connectivity index (χ4v) is 2.71. The summed E-state index contributed by atoms with van der Waals surface area (Å²) in [7, 11) is 0. The van der Waals surface area contributed by atoms with E-state index in [4.69, 9.17) is 5.73 Å². The summed E-state index contributed by atoms with van der Waals surface area (Å²) >= 11 is 0. The number of hydrogen-bond acceptors (Lipinski definition) is 2. The molecule has 0 radical (unpaired) electrons. The zero-order valence-corrected chi connectivity index (χ0v) is 13.0. The van der Waals surface area contributed by atoms with Gasteiger partial charge in [-0.3, -0.25) is 4.90 Å². The third-order valence-electron chi connectivity index (χ3n) is 3.67. The fourth-order valence-electron chi connectivity index (χ4n) is 2.71. The van der Waals surface area contributed by atoms with E-state index in [0.717, 1.165) is 6.54 Å². The van der Waals surface area contributed by atoms with Crippen LogP contribution in [0.15, 0.2) is 24.3 Å². The van der Waals surface area contributed by atoms with E-state index < -0.39 is 0 Å². The van der Waals surface area contributed by atoms with Crippen molar-refractivity contribution in [3.05, 3.63) is 35.4 Å². The molecule has 0 bridgehead atoms. The lowest BCUT2D eigenvalue weighted by atomic mass is 10.0. The summed E-state index contributed by atoms with van der Waals surface area (Å²) < 4.78 is 0. The van der Waals surface area contributed by atoms with E-state index in [1.54, 1.807) is 0 Å². The summed E-state index contributed by atoms with van der Waals surface area (Å²) in [6, 6.07) is 9.37. The second-order valence-corrected chi connectivity index (χ2v) is 5.82. The lowest BCUT2D eigenvalue weighted by molar-refractivity contribution is 0.157. The molecule has 0 spiro atoms. The van der Waals surface area contributed by atoms with Gasteiger partial charge in [-0.05, 0) is 29.9 Å². The highest BCUT2D eigenvalue weighted by molar-refractivity contribution is 5.23. The standard InChI is InChI=1S/C17H30N2/c1-5-17(6-2)19(12-14(3)4)13-16-9-7-8-15(10-16)11-18/h7-10,14,17H,5-6,11-13,18H2,1-4H3. The van der Waals surface area contributed by atoms with E-state index in [0.29, 0.717) is 18.5 Å². The average molecular weight is 262 g/mol. The Morgan fingerprint density at radius 2 is 1.74 bits per heavy atom. The summed E-state index contributed by atoms with van der Waals surface area (Å²) in [5.74, 6) is 0.707. The Morgan fingerprint density at radius 1 is 1.11 bits per heavy atom. The van der Waals surface area contributed by atoms with E-state index in [9.17, 15) is 0 Å². The Balaban J connectivity index is 2.80. The molecule has 2 heteroatoms. The molecule has 1 rings (SSSR count). The van der Waals surface area contributed by atoms with Crippen LogP contribution in [-0.4, -0.2) is 17.5 Å². The van der Waals surface area contributed by atoms with Crippen LogP contribution in [0.3, 0.4) is 0 Å². The molecule has 108 valence electrons. The third kappa shape index (κ3) is 5.33. The van der Waals surface area contributed by atoms with Crippen LogP contribution in [0.5, 0.6) is 0 Å². The van der Waals surface area contributed by atoms with Gasteiger partial charge in [0.1, 0.15) is 0 Å². The van der Waals surface area contributed by atoms with Gasteiger partial charge in [-0.1, -0.05) is 52.0 Å². The molecule has 0 aliphatic heterocycles. The van der Waals surface area contributed by atoms with E-state index >= 15 is 0 Å². The number of hydrogen-bond donors (Lipinski definition) is 1. The van der Waals surface area contributed by atoms with E-state index in [2.05, 4.69) is 56.9 Å². The lowest BCUT2D eigenvalue weighted by Crippen LogP contribution is -2.36. The molecule has 0 unspecified atom stereocenters. The molecule has 2 N–H and O–H groups in total. The van der Waals surface area contributed by atoms with Crippen LogP contribution in [-0.2, 0) is 13.1 Å². The van der Waals surface area contributed by atoms with Gasteiger partial charge < -0.3 is 5.73 Å². The van der Waals surface area contributed by atoms with Crippen LogP contribution in [0.25, 0.3) is 0 Å². The summed E-state index contributed by atoms with van der Waals surface area (Å²) in [6.45, 7) is 12.0. The van der Waals surface area contributed by atoms with E-state index in [-0.39, 0.29) is 0 Å². The second kappa shape index (κ2) is 8.34. The van der Waals surface area contributed by atoms with Crippen LogP contribution in [0.1, 0.15) is 51.7 Å². The number of rotatable bonds is 8. The van der Waals surface area contributed by atoms with Gasteiger partial charge in [-0.2, -0.15) is 0 Å². The van der Waals surface area contributed by atoms with Crippen molar-refractivity contribution >= 4 is 0 Å². The maximum Gasteiger partial charge on any atom is 0.0236 e. The van der Waals surface area contributed by atoms with Crippen molar-refractivity contribution in [3.8, 4) is 0 Å². The maximum atomic E-state index is 5.73. The Bertz CT molecular complexity index is 356. The first-order valence-electron chi connectivity index (χ1n) is 7.62. The maximum absolute atomic E-state index is 5.73. The molecule has 0 saturated carbocycles. The molecular weight excluding hydrogens is 232 g/mol. The zero-order valence-electron chi connectivity index (χ0n) is 13.0. The van der Waals surface area contributed by atoms with Gasteiger partial charge in [0.25, 0.3) is 0 Å². The lowest BCUT2D eigenvalue weighted by Gasteiger charge is -2.32. The minimum Gasteiger partial charge on any atom is -0.326 e. The quantitative estimate of drug-likeness (QED) is 0.772. The molecule has 0 saturated heterocycles. The first-order chi connectivity index (χ1) is 9.10. The van der Waals surface area contributed by atoms with Crippen molar-refractivity contribution in [3.63, 3.8) is 0 Å². The Morgan fingerprint density at radius 3 is 2.26 bits per heavy atom. The highest BCUT2D eigenvalue weighted by atomic mass is 15.2. The molecular formula is C17H30N2. The minimum absolute atomic E-state index is 0.628. The number of nitrogens with zero attached hydrogens (tertiary/aromatic N) is 1. The molecule has 0 amide bonds. The van der Waals surface area contributed by atoms with Crippen LogP contribution in [0.4, 0.5) is 0 Å². The van der Waals surface area contributed by atoms with Crippen LogP contribution in [0.2, 0.25) is 0 Å². The van der Waals surface area contributed by atoms with Crippen molar-refractivity contribution in [1.29, 1.82) is 0 Å². The molecule has 0 aliphatic carbocycles. The number of benzene rings is 1. The smallest absolute Gasteiger partial charge is 0.0236 e. The monoisotopic (exact) mass is 262 g/mol. The molecule has 2 nitrogen and oxygen atoms in total. The minimum atomic E-state index is 0.628. The zero-order chi connectivity index (χ0) is 14.3. The summed E-state index contributed by atoms with van der Waals surface area (Å²) in [5.41, 5.74) is 8.34. The highest BCUT2D eigenvalue weighted by Crippen LogP contribution is 2.16. The van der Waals surface area contributed by atoms with Crippen LogP contribution < -0.4 is 5.73 Å². The van der Waals surface area contributed by atoms with Crippen LogP contribution in [0, 0.1) is 5.92 Å². The largest absolute Gasteiger partial charge is 0.326 e. The van der Waals surface area contributed by atoms with Crippen molar-refractivity contribution in [2.75, 3.05) is 6.54 Å². The molecule has 0 fully saturated rings. The van der Waals surface area contributed by atoms with Gasteiger partial charge in [0.05, 0.1) is 0 Å². The first kappa shape index (κ1) is 16.2. The molecule has 0 aliphatic rings. The van der Waals surface area contributed by atoms with Gasteiger partial charge in [0.2, 0.25) is 0 Å². The molecule has 1 aromatic rings. The second-order valence-electron chi connectivity index (χ2n) is 5.82. The van der Waals surface area contributed by atoms with Crippen LogP contribution >= 0.6 is 0 Å². The topological polar surface area (TPSA) is 29.3 Å². The summed E-state index contributed by atoms with van der Waals surface area (Å²) in [6.07, 6.45) is 2.44. The van der Waals surface area contributed by atoms with Gasteiger partial charge in [-0.15, -0.1) is 0 Å². The Labute approximate surface area is 119 Å². The molecule has 1 aromatic carbocycles. The van der Waals surface area contributed by atoms with E-state index in [1.807, 2.05) is 0 Å². The molecule has 0 heterocycles. The molecule has 19 heavy (non-hydrogen) atoms. The van der Waals surface area contributed by atoms with Crippen molar-refractivity contribution in [1.82, 2.24) is 4.90 Å². The SMILES string of the molecule is CCC(CC)N(Cc1cccc(CN)c1)CC(C)C. The van der Waals surface area contributed by atoms with Crippen molar-refractivity contribution in [2.24, 2.45) is 11.7 Å². The predicted octanol–water partition coefficient (Wildman–Crippen LogP) is 3.79. The van der Waals surface area contributed by atoms with Gasteiger partial charge >= 0.3 is 0 Å². The summed E-state index contributed by atoms with van der Waals surface area (Å²) in [5, 5.41) is 0. The normalized spacial score (nSPS) is 11.8. The predicted molar refractivity (Wildman–Crippen MR) is 84.0 cm³/mol. The molecule has 0 atom stereocenters. The summed E-state index contributed by atoms with van der Waals surface area (Å²) in [4.78, 5) is 2.63. The average Bonchev–Trinajstić information content (AvgIpc) is 2.39. The van der Waals surface area contributed by atoms with Gasteiger partial charge in [-0.25, -0.2) is 0 Å². The first-order valence-corrected chi connectivity index (χ1v) is 7.62. The van der Waals surface area contributed by atoms with Crippen molar-refractivity contribution in [2.45, 2.75) is 59.7 Å². The van der Waals surface area contributed by atoms with Gasteiger partial charge in [0, 0.05) is 25.7 Å². The Kier molecular flexibility index (Phi) is 7.11. The fraction of sp³-hybridized carbons (Fsp3) is 0.647. The molecule has 0 aromatic heterocycles. The van der Waals surface area contributed by atoms with E-state index in [1.165, 1.54) is 30.5 Å². The van der Waals surface area contributed by atoms with Gasteiger partial charge in [0.15, 0.2) is 0 Å².